The van der Waals surface area contributed by atoms with E-state index in [-0.39, 0.29) is 12.0 Å². The van der Waals surface area contributed by atoms with Crippen LogP contribution in [0.3, 0.4) is 0 Å². The molecule has 126 valence electrons. The van der Waals surface area contributed by atoms with Crippen molar-refractivity contribution in [3.8, 4) is 11.6 Å². The average Bonchev–Trinajstić information content (AvgIpc) is 2.63. The summed E-state index contributed by atoms with van der Waals surface area (Å²) in [5, 5.41) is 0. The van der Waals surface area contributed by atoms with Gasteiger partial charge in [-0.1, -0.05) is 12.1 Å². The number of methoxy groups -OCH3 is 1. The Bertz CT molecular complexity index is 715. The highest BCUT2D eigenvalue weighted by atomic mass is 79.9. The van der Waals surface area contributed by atoms with Crippen LogP contribution >= 0.6 is 15.9 Å². The van der Waals surface area contributed by atoms with Crippen LogP contribution in [0.2, 0.25) is 0 Å². The number of likely N-dealkylation sites (tertiary alicyclic amines) is 1. The normalized spacial score (nSPS) is 15.2. The van der Waals surface area contributed by atoms with Gasteiger partial charge in [0, 0.05) is 32.1 Å². The van der Waals surface area contributed by atoms with Gasteiger partial charge in [-0.2, -0.15) is 0 Å². The minimum Gasteiger partial charge on any atom is -0.496 e. The van der Waals surface area contributed by atoms with Gasteiger partial charge in [0.05, 0.1) is 17.1 Å². The van der Waals surface area contributed by atoms with E-state index in [4.69, 9.17) is 9.47 Å². The largest absolute Gasteiger partial charge is 0.496 e. The van der Waals surface area contributed by atoms with Crippen molar-refractivity contribution in [2.45, 2.75) is 18.9 Å². The van der Waals surface area contributed by atoms with Crippen molar-refractivity contribution in [1.82, 2.24) is 9.88 Å². The summed E-state index contributed by atoms with van der Waals surface area (Å²) in [6.07, 6.45) is 3.34. The molecule has 0 bridgehead atoms. The van der Waals surface area contributed by atoms with Crippen molar-refractivity contribution in [2.75, 3.05) is 20.2 Å². The number of rotatable bonds is 4. The van der Waals surface area contributed by atoms with Crippen molar-refractivity contribution in [2.24, 2.45) is 0 Å². The Morgan fingerprint density at radius 3 is 2.67 bits per heavy atom. The van der Waals surface area contributed by atoms with Gasteiger partial charge < -0.3 is 14.4 Å². The topological polar surface area (TPSA) is 51.7 Å². The van der Waals surface area contributed by atoms with Crippen LogP contribution in [-0.4, -0.2) is 42.1 Å². The second kappa shape index (κ2) is 7.66. The molecule has 0 atom stereocenters. The summed E-state index contributed by atoms with van der Waals surface area (Å²) in [6.45, 7) is 1.32. The number of carbonyl (C=O) groups excluding carboxylic acids is 1. The van der Waals surface area contributed by atoms with Gasteiger partial charge >= 0.3 is 0 Å². The first-order chi connectivity index (χ1) is 11.7. The summed E-state index contributed by atoms with van der Waals surface area (Å²) < 4.78 is 12.1. The molecule has 3 rings (SSSR count). The average molecular weight is 391 g/mol. The quantitative estimate of drug-likeness (QED) is 0.800. The van der Waals surface area contributed by atoms with Crippen LogP contribution in [0.1, 0.15) is 23.2 Å². The summed E-state index contributed by atoms with van der Waals surface area (Å²) >= 11 is 3.44. The van der Waals surface area contributed by atoms with Crippen molar-refractivity contribution in [3.63, 3.8) is 0 Å². The third-order valence-corrected chi connectivity index (χ3v) is 4.67. The van der Waals surface area contributed by atoms with Crippen molar-refractivity contribution in [3.05, 3.63) is 52.6 Å². The maximum Gasteiger partial charge on any atom is 0.257 e. The highest BCUT2D eigenvalue weighted by Crippen LogP contribution is 2.26. The number of pyridine rings is 1. The molecule has 1 aromatic carbocycles. The fraction of sp³-hybridized carbons (Fsp3) is 0.333. The lowest BCUT2D eigenvalue weighted by molar-refractivity contribution is 0.0583. The Morgan fingerprint density at radius 2 is 1.96 bits per heavy atom. The number of nitrogens with zero attached hydrogens (tertiary/aromatic N) is 2. The first-order valence-corrected chi connectivity index (χ1v) is 8.68. The highest BCUT2D eigenvalue weighted by molar-refractivity contribution is 9.10. The first kappa shape index (κ1) is 16.8. The molecule has 2 aromatic rings. The summed E-state index contributed by atoms with van der Waals surface area (Å²) in [6, 6.07) is 11.1. The lowest BCUT2D eigenvalue weighted by atomic mass is 10.1. The predicted molar refractivity (Wildman–Crippen MR) is 94.5 cm³/mol. The van der Waals surface area contributed by atoms with E-state index in [0.29, 0.717) is 30.3 Å². The minimum absolute atomic E-state index is 0.00455. The number of ether oxygens (including phenoxy) is 2. The van der Waals surface area contributed by atoms with E-state index in [1.54, 1.807) is 19.4 Å². The summed E-state index contributed by atoms with van der Waals surface area (Å²) in [7, 11) is 1.58. The van der Waals surface area contributed by atoms with Gasteiger partial charge in [-0.05, 0) is 40.2 Å². The maximum atomic E-state index is 12.7. The molecule has 0 saturated carbocycles. The number of hydrogen-bond donors (Lipinski definition) is 0. The smallest absolute Gasteiger partial charge is 0.257 e. The highest BCUT2D eigenvalue weighted by Gasteiger charge is 2.26. The number of amides is 1. The second-order valence-electron chi connectivity index (χ2n) is 5.60. The molecule has 1 saturated heterocycles. The van der Waals surface area contributed by atoms with E-state index in [9.17, 15) is 4.79 Å². The third kappa shape index (κ3) is 3.70. The van der Waals surface area contributed by atoms with Crippen LogP contribution in [0.5, 0.6) is 11.6 Å². The number of para-hydroxylation sites is 1. The third-order valence-electron chi connectivity index (χ3n) is 4.07. The number of halogens is 1. The van der Waals surface area contributed by atoms with Crippen LogP contribution in [0.15, 0.2) is 47.1 Å². The molecule has 5 nitrogen and oxygen atoms in total. The molecule has 0 unspecified atom stereocenters. The number of benzene rings is 1. The zero-order chi connectivity index (χ0) is 16.9. The summed E-state index contributed by atoms with van der Waals surface area (Å²) in [4.78, 5) is 18.8. The van der Waals surface area contributed by atoms with E-state index in [2.05, 4.69) is 20.9 Å². The SMILES string of the molecule is COc1ccccc1C(=O)N1CCC(Oc2ncccc2Br)CC1. The van der Waals surface area contributed by atoms with Crippen LogP contribution < -0.4 is 9.47 Å². The molecular weight excluding hydrogens is 372 g/mol. The van der Waals surface area contributed by atoms with Crippen LogP contribution in [-0.2, 0) is 0 Å². The molecule has 6 heteroatoms. The molecule has 1 aromatic heterocycles. The first-order valence-electron chi connectivity index (χ1n) is 7.88. The van der Waals surface area contributed by atoms with Crippen LogP contribution in [0.4, 0.5) is 0 Å². The number of piperidine rings is 1. The van der Waals surface area contributed by atoms with Crippen LogP contribution in [0, 0.1) is 0 Å². The van der Waals surface area contributed by atoms with Gasteiger partial charge in [-0.25, -0.2) is 4.98 Å². The number of carbonyl (C=O) groups is 1. The number of hydrogen-bond acceptors (Lipinski definition) is 4. The molecule has 1 amide bonds. The van der Waals surface area contributed by atoms with Gasteiger partial charge in [0.15, 0.2) is 0 Å². The van der Waals surface area contributed by atoms with E-state index in [1.165, 1.54) is 0 Å². The molecule has 0 N–H and O–H groups in total. The van der Waals surface area contributed by atoms with Crippen molar-refractivity contribution >= 4 is 21.8 Å². The Balaban J connectivity index is 1.61. The lowest BCUT2D eigenvalue weighted by Gasteiger charge is -2.32. The van der Waals surface area contributed by atoms with E-state index in [1.807, 2.05) is 35.2 Å². The van der Waals surface area contributed by atoms with E-state index >= 15 is 0 Å². The zero-order valence-corrected chi connectivity index (χ0v) is 15.0. The van der Waals surface area contributed by atoms with Crippen molar-refractivity contribution < 1.29 is 14.3 Å². The van der Waals surface area contributed by atoms with Crippen molar-refractivity contribution in [1.29, 1.82) is 0 Å². The molecule has 1 aliphatic heterocycles. The molecule has 1 fully saturated rings. The second-order valence-corrected chi connectivity index (χ2v) is 6.45. The molecule has 0 spiro atoms. The molecule has 1 aliphatic rings. The van der Waals surface area contributed by atoms with Crippen LogP contribution in [0.25, 0.3) is 0 Å². The monoisotopic (exact) mass is 390 g/mol. The standard InChI is InChI=1S/C18H19BrN2O3/c1-23-16-7-3-2-5-14(16)18(22)21-11-8-13(9-12-21)24-17-15(19)6-4-10-20-17/h2-7,10,13H,8-9,11-12H2,1H3. The van der Waals surface area contributed by atoms with Gasteiger partial charge in [0.1, 0.15) is 11.9 Å². The summed E-state index contributed by atoms with van der Waals surface area (Å²) in [5.74, 6) is 1.22. The Labute approximate surface area is 149 Å². The molecule has 2 heterocycles. The Morgan fingerprint density at radius 1 is 1.21 bits per heavy atom. The molecule has 0 aliphatic carbocycles. The fourth-order valence-electron chi connectivity index (χ4n) is 2.78. The lowest BCUT2D eigenvalue weighted by Crippen LogP contribution is -2.42. The van der Waals surface area contributed by atoms with E-state index < -0.39 is 0 Å². The molecular formula is C18H19BrN2O3. The van der Waals surface area contributed by atoms with E-state index in [0.717, 1.165) is 17.3 Å². The summed E-state index contributed by atoms with van der Waals surface area (Å²) in [5.41, 5.74) is 0.604. The Kier molecular flexibility index (Phi) is 5.35. The minimum atomic E-state index is 0.00455. The van der Waals surface area contributed by atoms with Gasteiger partial charge in [-0.3, -0.25) is 4.79 Å². The zero-order valence-electron chi connectivity index (χ0n) is 13.4. The van der Waals surface area contributed by atoms with Gasteiger partial charge in [0.25, 0.3) is 5.91 Å². The molecule has 0 radical (unpaired) electrons. The Hall–Kier alpha value is -2.08. The fourth-order valence-corrected chi connectivity index (χ4v) is 3.13. The number of aromatic nitrogens is 1. The van der Waals surface area contributed by atoms with Gasteiger partial charge in [0.2, 0.25) is 5.88 Å². The molecule has 24 heavy (non-hydrogen) atoms. The van der Waals surface area contributed by atoms with Gasteiger partial charge in [-0.15, -0.1) is 0 Å². The maximum absolute atomic E-state index is 12.7. The predicted octanol–water partition coefficient (Wildman–Crippen LogP) is 3.54.